The number of aromatic nitrogens is 3. The van der Waals surface area contributed by atoms with Gasteiger partial charge >= 0.3 is 0 Å². The van der Waals surface area contributed by atoms with E-state index >= 15 is 0 Å². The van der Waals surface area contributed by atoms with E-state index in [-0.39, 0.29) is 17.9 Å². The minimum absolute atomic E-state index is 0.101. The van der Waals surface area contributed by atoms with Crippen LogP contribution in [-0.4, -0.2) is 44.3 Å². The number of para-hydroxylation sites is 1. The Kier molecular flexibility index (Phi) is 6.93. The molecule has 0 bridgehead atoms. The predicted molar refractivity (Wildman–Crippen MR) is 141 cm³/mol. The number of hydrogen-bond acceptors (Lipinski definition) is 6. The van der Waals surface area contributed by atoms with Gasteiger partial charge in [-0.15, -0.1) is 17.9 Å². The number of halogens is 1. The third-order valence-corrected chi connectivity index (χ3v) is 7.91. The average Bonchev–Trinajstić information content (AvgIpc) is 3.59. The fraction of sp³-hybridized carbons (Fsp3) is 0.308. The van der Waals surface area contributed by atoms with Gasteiger partial charge in [0.1, 0.15) is 5.52 Å². The van der Waals surface area contributed by atoms with Crippen LogP contribution in [0.2, 0.25) is 5.02 Å². The number of thiophene rings is 1. The predicted octanol–water partition coefficient (Wildman–Crippen LogP) is 6.03. The molecule has 10 heteroatoms. The number of fused-ring (bicyclic) bond motifs is 1. The maximum atomic E-state index is 13.1. The van der Waals surface area contributed by atoms with Crippen molar-refractivity contribution in [2.45, 2.75) is 32.2 Å². The average molecular weight is 524 g/mol. The highest BCUT2D eigenvalue weighted by molar-refractivity contribution is 7.17. The first-order valence-electron chi connectivity index (χ1n) is 11.8. The summed E-state index contributed by atoms with van der Waals surface area (Å²) in [6.07, 6.45) is 6.74. The number of imidazole rings is 1. The van der Waals surface area contributed by atoms with Crippen molar-refractivity contribution < 1.29 is 14.0 Å². The van der Waals surface area contributed by atoms with Crippen LogP contribution in [0.1, 0.15) is 41.9 Å². The lowest BCUT2D eigenvalue weighted by Crippen LogP contribution is -2.40. The lowest BCUT2D eigenvalue weighted by molar-refractivity contribution is -0.131. The Morgan fingerprint density at radius 3 is 2.89 bits per heavy atom. The molecule has 0 spiro atoms. The maximum Gasteiger partial charge on any atom is 0.268 e. The number of hydrogen-bond donors (Lipinski definition) is 1. The summed E-state index contributed by atoms with van der Waals surface area (Å²) in [6.45, 7) is 7.06. The molecule has 0 unspecified atom stereocenters. The summed E-state index contributed by atoms with van der Waals surface area (Å²) in [7, 11) is 0. The smallest absolute Gasteiger partial charge is 0.268 e. The lowest BCUT2D eigenvalue weighted by atomic mass is 9.79. The Hall–Kier alpha value is -3.43. The second kappa shape index (κ2) is 10.3. The van der Waals surface area contributed by atoms with Crippen molar-refractivity contribution in [1.29, 1.82) is 0 Å². The van der Waals surface area contributed by atoms with Gasteiger partial charge in [-0.05, 0) is 49.9 Å². The van der Waals surface area contributed by atoms with E-state index in [1.165, 1.54) is 17.7 Å². The first-order valence-corrected chi connectivity index (χ1v) is 13.0. The highest BCUT2D eigenvalue weighted by atomic mass is 35.5. The fourth-order valence-electron chi connectivity index (χ4n) is 4.67. The first-order chi connectivity index (χ1) is 17.5. The van der Waals surface area contributed by atoms with Gasteiger partial charge in [0.05, 0.1) is 26.5 Å². The molecule has 5 rings (SSSR count). The number of benzene rings is 1. The van der Waals surface area contributed by atoms with Crippen LogP contribution in [0.5, 0.6) is 0 Å². The minimum Gasteiger partial charge on any atom is -0.443 e. The van der Waals surface area contributed by atoms with Gasteiger partial charge in [0.25, 0.3) is 5.91 Å². The first kappa shape index (κ1) is 24.3. The molecule has 1 saturated carbocycles. The number of amides is 2. The van der Waals surface area contributed by atoms with Gasteiger partial charge in [-0.25, -0.2) is 9.97 Å². The molecule has 3 heterocycles. The van der Waals surface area contributed by atoms with Gasteiger partial charge in [-0.3, -0.25) is 14.9 Å². The molecule has 3 aromatic heterocycles. The fourth-order valence-corrected chi connectivity index (χ4v) is 5.73. The molecule has 1 aliphatic carbocycles. The summed E-state index contributed by atoms with van der Waals surface area (Å²) in [5.74, 6) is 1.32. The zero-order valence-corrected chi connectivity index (χ0v) is 21.4. The van der Waals surface area contributed by atoms with Gasteiger partial charge in [-0.1, -0.05) is 23.7 Å². The Labute approximate surface area is 217 Å². The molecule has 1 N–H and O–H groups in total. The van der Waals surface area contributed by atoms with Gasteiger partial charge in [0, 0.05) is 25.6 Å². The van der Waals surface area contributed by atoms with Gasteiger partial charge in [0.15, 0.2) is 12.2 Å². The molecule has 1 aromatic carbocycles. The van der Waals surface area contributed by atoms with Crippen molar-refractivity contribution in [3.63, 3.8) is 0 Å². The molecule has 1 aliphatic rings. The molecule has 186 valence electrons. The van der Waals surface area contributed by atoms with Crippen LogP contribution >= 0.6 is 22.9 Å². The molecule has 0 saturated heterocycles. The number of carbonyl (C=O) groups is 2. The molecular weight excluding hydrogens is 498 g/mol. The summed E-state index contributed by atoms with van der Waals surface area (Å²) >= 11 is 7.77. The SMILES string of the molecule is C=CCC(=O)N(CC)CC1CC(n2c(NC(=O)c3ccc(-c4cnco4)s3)nc3c(Cl)cccc32)C1. The Morgan fingerprint density at radius 1 is 1.33 bits per heavy atom. The van der Waals surface area contributed by atoms with E-state index in [0.29, 0.717) is 52.6 Å². The van der Waals surface area contributed by atoms with Crippen molar-refractivity contribution in [2.75, 3.05) is 18.4 Å². The maximum absolute atomic E-state index is 13.1. The zero-order valence-electron chi connectivity index (χ0n) is 19.8. The highest BCUT2D eigenvalue weighted by Gasteiger charge is 2.35. The van der Waals surface area contributed by atoms with Crippen molar-refractivity contribution in [1.82, 2.24) is 19.4 Å². The third-order valence-electron chi connectivity index (χ3n) is 6.51. The van der Waals surface area contributed by atoms with Crippen molar-refractivity contribution >= 4 is 51.7 Å². The summed E-state index contributed by atoms with van der Waals surface area (Å²) < 4.78 is 7.41. The summed E-state index contributed by atoms with van der Waals surface area (Å²) in [6, 6.07) is 9.40. The summed E-state index contributed by atoms with van der Waals surface area (Å²) in [5, 5.41) is 3.53. The van der Waals surface area contributed by atoms with Crippen molar-refractivity contribution in [3.05, 3.63) is 65.5 Å². The van der Waals surface area contributed by atoms with Gasteiger partial charge in [0.2, 0.25) is 11.9 Å². The normalized spacial score (nSPS) is 17.1. The van der Waals surface area contributed by atoms with Crippen LogP contribution in [0.15, 0.2) is 60.0 Å². The van der Waals surface area contributed by atoms with Gasteiger partial charge < -0.3 is 13.9 Å². The number of nitrogens with one attached hydrogen (secondary N) is 1. The third kappa shape index (κ3) is 4.68. The quantitative estimate of drug-likeness (QED) is 0.270. The topological polar surface area (TPSA) is 93.3 Å². The molecule has 0 atom stereocenters. The van der Waals surface area contributed by atoms with Crippen LogP contribution < -0.4 is 5.32 Å². The molecule has 8 nitrogen and oxygen atoms in total. The highest BCUT2D eigenvalue weighted by Crippen LogP contribution is 2.43. The number of nitrogens with zero attached hydrogens (tertiary/aromatic N) is 4. The van der Waals surface area contributed by atoms with E-state index in [4.69, 9.17) is 21.0 Å². The van der Waals surface area contributed by atoms with E-state index in [1.807, 2.05) is 30.0 Å². The molecule has 2 amide bonds. The van der Waals surface area contributed by atoms with E-state index < -0.39 is 0 Å². The minimum atomic E-state index is -0.249. The monoisotopic (exact) mass is 523 g/mol. The van der Waals surface area contributed by atoms with Crippen LogP contribution in [0.3, 0.4) is 0 Å². The Bertz CT molecular complexity index is 1400. The van der Waals surface area contributed by atoms with Crippen LogP contribution in [0, 0.1) is 5.92 Å². The van der Waals surface area contributed by atoms with Gasteiger partial charge in [-0.2, -0.15) is 0 Å². The summed E-state index contributed by atoms with van der Waals surface area (Å²) in [5.41, 5.74) is 1.53. The van der Waals surface area contributed by atoms with E-state index in [9.17, 15) is 9.59 Å². The number of oxazole rings is 1. The molecule has 0 aliphatic heterocycles. The van der Waals surface area contributed by atoms with Crippen molar-refractivity contribution in [2.24, 2.45) is 5.92 Å². The second-order valence-corrected chi connectivity index (χ2v) is 10.3. The van der Waals surface area contributed by atoms with Crippen LogP contribution in [0.25, 0.3) is 21.7 Å². The molecule has 1 fully saturated rings. The standard InChI is InChI=1S/C26H26ClN5O3S/c1-3-6-23(33)31(4-2)14-16-11-17(12-16)32-19-8-5-7-18(27)24(19)29-26(32)30-25(34)22-10-9-21(36-22)20-13-28-15-35-20/h3,5,7-10,13,15-17H,1,4,6,11-12,14H2,2H3,(H,29,30,34). The second-order valence-electron chi connectivity index (χ2n) is 8.81. The molecular formula is C26H26ClN5O3S. The molecule has 0 radical (unpaired) electrons. The van der Waals surface area contributed by atoms with E-state index in [1.54, 1.807) is 24.4 Å². The Morgan fingerprint density at radius 2 is 2.17 bits per heavy atom. The molecule has 4 aromatic rings. The van der Waals surface area contributed by atoms with E-state index in [0.717, 1.165) is 23.2 Å². The van der Waals surface area contributed by atoms with E-state index in [2.05, 4.69) is 21.4 Å². The number of rotatable bonds is 9. The van der Waals surface area contributed by atoms with Crippen molar-refractivity contribution in [3.8, 4) is 10.6 Å². The lowest BCUT2D eigenvalue weighted by Gasteiger charge is -2.39. The van der Waals surface area contributed by atoms with Crippen LogP contribution in [0.4, 0.5) is 5.95 Å². The summed E-state index contributed by atoms with van der Waals surface area (Å²) in [4.78, 5) is 37.3. The molecule has 36 heavy (non-hydrogen) atoms. The Balaban J connectivity index is 1.36. The number of anilines is 1. The van der Waals surface area contributed by atoms with Crippen LogP contribution in [-0.2, 0) is 4.79 Å². The number of carbonyl (C=O) groups excluding carboxylic acids is 2. The largest absolute Gasteiger partial charge is 0.443 e. The zero-order chi connectivity index (χ0) is 25.2.